The summed E-state index contributed by atoms with van der Waals surface area (Å²) in [5, 5.41) is 12.9. The van der Waals surface area contributed by atoms with E-state index < -0.39 is 0 Å². The summed E-state index contributed by atoms with van der Waals surface area (Å²) in [5.74, 6) is 0. The zero-order chi connectivity index (χ0) is 31.6. The molecule has 0 aliphatic heterocycles. The minimum Gasteiger partial charge on any atom is -0.310 e. The second-order valence-electron chi connectivity index (χ2n) is 12.6. The number of thiophene rings is 1. The van der Waals surface area contributed by atoms with Gasteiger partial charge in [-0.1, -0.05) is 115 Å². The van der Waals surface area contributed by atoms with Crippen molar-refractivity contribution in [3.8, 4) is 11.1 Å². The Morgan fingerprint density at radius 1 is 0.333 bits per heavy atom. The minimum absolute atomic E-state index is 1.13. The summed E-state index contributed by atoms with van der Waals surface area (Å²) in [6, 6.07) is 64.5. The van der Waals surface area contributed by atoms with E-state index in [-0.39, 0.29) is 0 Å². The first-order chi connectivity index (χ1) is 23.8. The van der Waals surface area contributed by atoms with Crippen molar-refractivity contribution in [1.29, 1.82) is 0 Å². The zero-order valence-electron chi connectivity index (χ0n) is 26.1. The zero-order valence-corrected chi connectivity index (χ0v) is 26.9. The van der Waals surface area contributed by atoms with Gasteiger partial charge in [0.15, 0.2) is 0 Å². The second-order valence-corrected chi connectivity index (χ2v) is 13.6. The molecule has 0 bridgehead atoms. The van der Waals surface area contributed by atoms with E-state index >= 15 is 0 Å². The summed E-state index contributed by atoms with van der Waals surface area (Å²) in [5.41, 5.74) is 5.88. The Hall–Kier alpha value is -5.96. The number of hydrogen-bond acceptors (Lipinski definition) is 2. The molecule has 0 unspecified atom stereocenters. The maximum atomic E-state index is 2.37. The Morgan fingerprint density at radius 2 is 0.938 bits per heavy atom. The van der Waals surface area contributed by atoms with Gasteiger partial charge < -0.3 is 4.90 Å². The molecule has 0 aliphatic rings. The van der Waals surface area contributed by atoms with Gasteiger partial charge in [-0.05, 0) is 115 Å². The second kappa shape index (κ2) is 10.8. The third-order valence-corrected chi connectivity index (χ3v) is 10.9. The Balaban J connectivity index is 1.12. The molecule has 48 heavy (non-hydrogen) atoms. The number of anilines is 3. The molecule has 0 amide bonds. The molecule has 1 heterocycles. The molecule has 10 rings (SSSR count). The minimum atomic E-state index is 1.13. The monoisotopic (exact) mass is 627 g/mol. The number of fused-ring (bicyclic) bond motifs is 9. The van der Waals surface area contributed by atoms with Crippen LogP contribution in [0.1, 0.15) is 0 Å². The van der Waals surface area contributed by atoms with Crippen molar-refractivity contribution in [1.82, 2.24) is 0 Å². The van der Waals surface area contributed by atoms with E-state index in [4.69, 9.17) is 0 Å². The van der Waals surface area contributed by atoms with Gasteiger partial charge >= 0.3 is 0 Å². The molecule has 2 heteroatoms. The van der Waals surface area contributed by atoms with Crippen LogP contribution in [-0.4, -0.2) is 0 Å². The molecule has 10 aromatic rings. The molecular formula is C46H29NS. The van der Waals surface area contributed by atoms with Crippen LogP contribution in [0.4, 0.5) is 17.1 Å². The maximum absolute atomic E-state index is 2.37. The van der Waals surface area contributed by atoms with E-state index in [2.05, 4.69) is 181 Å². The SMILES string of the molecule is c1ccc(N(c2ccc(-c3cc4ccc5ccccc5c4c4ccccc34)cc2)c2ccc3sc4cc5ccccc5cc4c3c2)cc1. The van der Waals surface area contributed by atoms with Crippen LogP contribution in [0.3, 0.4) is 0 Å². The molecule has 0 fully saturated rings. The lowest BCUT2D eigenvalue weighted by molar-refractivity contribution is 1.29. The van der Waals surface area contributed by atoms with Crippen LogP contribution in [0.2, 0.25) is 0 Å². The van der Waals surface area contributed by atoms with Gasteiger partial charge in [0, 0.05) is 37.2 Å². The van der Waals surface area contributed by atoms with E-state index in [9.17, 15) is 0 Å². The first kappa shape index (κ1) is 27.2. The standard InChI is InChI=1S/C46H29NS/c1-2-13-35(14-3-1)47(37-24-25-44-43(29-37)42-26-32-11-4-5-12-33(32)28-45(42)48-44)36-22-20-31(21-23-36)41-27-34-19-18-30-10-6-7-15-38(30)46(34)40-17-9-8-16-39(40)41/h1-29H. The lowest BCUT2D eigenvalue weighted by Gasteiger charge is -2.26. The van der Waals surface area contributed by atoms with Crippen LogP contribution in [-0.2, 0) is 0 Å². The Morgan fingerprint density at radius 3 is 1.75 bits per heavy atom. The van der Waals surface area contributed by atoms with Crippen LogP contribution in [0.5, 0.6) is 0 Å². The van der Waals surface area contributed by atoms with Crippen LogP contribution in [0.15, 0.2) is 176 Å². The normalized spacial score (nSPS) is 11.8. The van der Waals surface area contributed by atoms with Crippen molar-refractivity contribution in [2.45, 2.75) is 0 Å². The van der Waals surface area contributed by atoms with E-state index in [0.717, 1.165) is 17.1 Å². The predicted octanol–water partition coefficient (Wildman–Crippen LogP) is 13.8. The molecule has 224 valence electrons. The summed E-state index contributed by atoms with van der Waals surface area (Å²) >= 11 is 1.87. The van der Waals surface area contributed by atoms with Crippen LogP contribution in [0.25, 0.3) is 74.4 Å². The van der Waals surface area contributed by atoms with E-state index in [1.165, 1.54) is 74.4 Å². The molecule has 0 saturated carbocycles. The van der Waals surface area contributed by atoms with Crippen molar-refractivity contribution in [2.24, 2.45) is 0 Å². The highest BCUT2D eigenvalue weighted by molar-refractivity contribution is 7.25. The van der Waals surface area contributed by atoms with E-state index in [1.807, 2.05) is 11.3 Å². The average Bonchev–Trinajstić information content (AvgIpc) is 3.51. The quantitative estimate of drug-likeness (QED) is 0.176. The summed E-state index contributed by atoms with van der Waals surface area (Å²) < 4.78 is 2.63. The highest BCUT2D eigenvalue weighted by atomic mass is 32.1. The largest absolute Gasteiger partial charge is 0.310 e. The van der Waals surface area contributed by atoms with E-state index in [0.29, 0.717) is 0 Å². The third kappa shape index (κ3) is 4.31. The van der Waals surface area contributed by atoms with Gasteiger partial charge in [0.2, 0.25) is 0 Å². The molecule has 0 saturated heterocycles. The number of nitrogens with zero attached hydrogens (tertiary/aromatic N) is 1. The molecular weight excluding hydrogens is 599 g/mol. The number of rotatable bonds is 4. The van der Waals surface area contributed by atoms with E-state index in [1.54, 1.807) is 0 Å². The van der Waals surface area contributed by atoms with Gasteiger partial charge in [-0.15, -0.1) is 11.3 Å². The predicted molar refractivity (Wildman–Crippen MR) is 209 cm³/mol. The maximum Gasteiger partial charge on any atom is 0.0468 e. The molecule has 9 aromatic carbocycles. The fraction of sp³-hybridized carbons (Fsp3) is 0. The Kier molecular flexibility index (Phi) is 6.12. The fourth-order valence-electron chi connectivity index (χ4n) is 7.52. The first-order valence-corrected chi connectivity index (χ1v) is 17.2. The molecule has 0 N–H and O–H groups in total. The van der Waals surface area contributed by atoms with Gasteiger partial charge in [0.25, 0.3) is 0 Å². The van der Waals surface area contributed by atoms with Crippen LogP contribution < -0.4 is 4.90 Å². The van der Waals surface area contributed by atoms with Crippen molar-refractivity contribution in [3.05, 3.63) is 176 Å². The first-order valence-electron chi connectivity index (χ1n) is 16.4. The van der Waals surface area contributed by atoms with Gasteiger partial charge in [-0.2, -0.15) is 0 Å². The van der Waals surface area contributed by atoms with Crippen molar-refractivity contribution in [2.75, 3.05) is 4.90 Å². The Labute approximate surface area is 282 Å². The van der Waals surface area contributed by atoms with Crippen molar-refractivity contribution in [3.63, 3.8) is 0 Å². The van der Waals surface area contributed by atoms with Crippen molar-refractivity contribution < 1.29 is 0 Å². The van der Waals surface area contributed by atoms with Crippen molar-refractivity contribution >= 4 is 91.7 Å². The van der Waals surface area contributed by atoms with Gasteiger partial charge in [0.05, 0.1) is 0 Å². The molecule has 0 radical (unpaired) electrons. The molecule has 0 spiro atoms. The highest BCUT2D eigenvalue weighted by Crippen LogP contribution is 2.43. The van der Waals surface area contributed by atoms with Crippen LogP contribution in [0, 0.1) is 0 Å². The number of hydrogen-bond donors (Lipinski definition) is 0. The van der Waals surface area contributed by atoms with Gasteiger partial charge in [0.1, 0.15) is 0 Å². The van der Waals surface area contributed by atoms with Gasteiger partial charge in [-0.25, -0.2) is 0 Å². The highest BCUT2D eigenvalue weighted by Gasteiger charge is 2.16. The summed E-state index contributed by atoms with van der Waals surface area (Å²) in [6.45, 7) is 0. The smallest absolute Gasteiger partial charge is 0.0468 e. The summed E-state index contributed by atoms with van der Waals surface area (Å²) in [6.07, 6.45) is 0. The van der Waals surface area contributed by atoms with Gasteiger partial charge in [-0.3, -0.25) is 0 Å². The molecule has 1 nitrogen and oxygen atoms in total. The fourth-order valence-corrected chi connectivity index (χ4v) is 8.64. The number of benzene rings is 9. The lowest BCUT2D eigenvalue weighted by atomic mass is 9.91. The lowest BCUT2D eigenvalue weighted by Crippen LogP contribution is -2.09. The Bertz CT molecular complexity index is 2830. The number of para-hydroxylation sites is 1. The average molecular weight is 628 g/mol. The summed E-state index contributed by atoms with van der Waals surface area (Å²) in [4.78, 5) is 2.37. The third-order valence-electron chi connectivity index (χ3n) is 9.78. The molecule has 1 aromatic heterocycles. The van der Waals surface area contributed by atoms with Crippen LogP contribution >= 0.6 is 11.3 Å². The molecule has 0 atom stereocenters. The summed E-state index contributed by atoms with van der Waals surface area (Å²) in [7, 11) is 0. The topological polar surface area (TPSA) is 3.24 Å². The molecule has 0 aliphatic carbocycles.